The van der Waals surface area contributed by atoms with E-state index < -0.39 is 17.8 Å². The molecule has 164 valence electrons. The first kappa shape index (κ1) is 22.5. The van der Waals surface area contributed by atoms with Gasteiger partial charge in [-0.25, -0.2) is 4.98 Å². The molecule has 1 aliphatic heterocycles. The van der Waals surface area contributed by atoms with Crippen LogP contribution in [0.25, 0.3) is 0 Å². The van der Waals surface area contributed by atoms with Crippen LogP contribution in [-0.4, -0.2) is 67.5 Å². The molecule has 0 radical (unpaired) electrons. The number of anilines is 1. The maximum Gasteiger partial charge on any atom is 0.417 e. The lowest BCUT2D eigenvalue weighted by Gasteiger charge is -2.36. The zero-order valence-electron chi connectivity index (χ0n) is 16.4. The molecule has 1 atom stereocenters. The van der Waals surface area contributed by atoms with Crippen LogP contribution in [0.3, 0.4) is 0 Å². The van der Waals surface area contributed by atoms with Crippen molar-refractivity contribution in [2.75, 3.05) is 51.3 Å². The number of benzene rings is 1. The molecule has 10 heteroatoms. The first-order chi connectivity index (χ1) is 14.3. The Balaban J connectivity index is 1.46. The zero-order valence-corrected chi connectivity index (χ0v) is 17.2. The number of methoxy groups -OCH3 is 1. The summed E-state index contributed by atoms with van der Waals surface area (Å²) >= 11 is 6.03. The molecule has 0 amide bonds. The fraction of sp³-hybridized carbons (Fsp3) is 0.450. The van der Waals surface area contributed by atoms with E-state index in [1.807, 2.05) is 4.90 Å². The van der Waals surface area contributed by atoms with Crippen molar-refractivity contribution in [3.8, 4) is 11.5 Å². The van der Waals surface area contributed by atoms with Gasteiger partial charge in [0, 0.05) is 38.9 Å². The molecule has 0 saturated carbocycles. The maximum absolute atomic E-state index is 12.8. The van der Waals surface area contributed by atoms with Gasteiger partial charge in [0.2, 0.25) is 0 Å². The second-order valence-corrected chi connectivity index (χ2v) is 7.36. The third-order valence-corrected chi connectivity index (χ3v) is 5.07. The number of hydrogen-bond donors (Lipinski definition) is 1. The molecule has 1 unspecified atom stereocenters. The van der Waals surface area contributed by atoms with Crippen LogP contribution in [0.5, 0.6) is 11.5 Å². The van der Waals surface area contributed by atoms with Crippen molar-refractivity contribution in [1.29, 1.82) is 0 Å². The summed E-state index contributed by atoms with van der Waals surface area (Å²) < 4.78 is 49.0. The Morgan fingerprint density at radius 1 is 1.13 bits per heavy atom. The molecule has 3 rings (SSSR count). The van der Waals surface area contributed by atoms with Crippen LogP contribution in [0.4, 0.5) is 19.0 Å². The minimum absolute atomic E-state index is 0.0220. The number of aliphatic hydroxyl groups excluding tert-OH is 1. The van der Waals surface area contributed by atoms with E-state index in [1.54, 1.807) is 31.4 Å². The van der Waals surface area contributed by atoms with Crippen LogP contribution in [0.1, 0.15) is 5.56 Å². The Labute approximate surface area is 177 Å². The monoisotopic (exact) mass is 445 g/mol. The van der Waals surface area contributed by atoms with Crippen LogP contribution >= 0.6 is 11.6 Å². The van der Waals surface area contributed by atoms with Gasteiger partial charge in [-0.15, -0.1) is 0 Å². The number of aliphatic hydroxyl groups is 1. The van der Waals surface area contributed by atoms with Gasteiger partial charge >= 0.3 is 6.18 Å². The Hall–Kier alpha value is -2.23. The highest BCUT2D eigenvalue weighted by Gasteiger charge is 2.32. The number of piperazine rings is 1. The van der Waals surface area contributed by atoms with Gasteiger partial charge in [0.15, 0.2) is 0 Å². The van der Waals surface area contributed by atoms with Crippen molar-refractivity contribution in [3.05, 3.63) is 47.1 Å². The van der Waals surface area contributed by atoms with Gasteiger partial charge < -0.3 is 19.5 Å². The number of nitrogens with zero attached hydrogens (tertiary/aromatic N) is 3. The number of pyridine rings is 1. The predicted molar refractivity (Wildman–Crippen MR) is 107 cm³/mol. The normalized spacial score (nSPS) is 16.4. The Bertz CT molecular complexity index is 828. The topological polar surface area (TPSA) is 58.1 Å². The van der Waals surface area contributed by atoms with Crippen molar-refractivity contribution < 1.29 is 27.8 Å². The summed E-state index contributed by atoms with van der Waals surface area (Å²) in [5.41, 5.74) is -0.866. The number of β-amino-alcohol motifs (C(OH)–C–C–N with tert-alkyl or cyclic N) is 1. The molecule has 1 fully saturated rings. The second-order valence-electron chi connectivity index (χ2n) is 6.96. The molecule has 0 spiro atoms. The number of aromatic nitrogens is 1. The number of halogens is 4. The van der Waals surface area contributed by atoms with Gasteiger partial charge in [0.1, 0.15) is 30.0 Å². The lowest BCUT2D eigenvalue weighted by molar-refractivity contribution is -0.137. The van der Waals surface area contributed by atoms with Crippen LogP contribution in [0.15, 0.2) is 36.5 Å². The average Bonchev–Trinajstić information content (AvgIpc) is 2.72. The largest absolute Gasteiger partial charge is 0.497 e. The highest BCUT2D eigenvalue weighted by Crippen LogP contribution is 2.33. The van der Waals surface area contributed by atoms with Crippen LogP contribution in [0, 0.1) is 0 Å². The maximum atomic E-state index is 12.8. The quantitative estimate of drug-likeness (QED) is 0.705. The second kappa shape index (κ2) is 9.72. The standard InChI is InChI=1S/C20H23ClF3N3O3/c1-29-16-2-4-17(5-3-16)30-13-15(28)12-26-6-8-27(9-7-26)19-18(21)10-14(11-25-19)20(22,23)24/h2-5,10-11,15,28H,6-9,12-13H2,1H3. The number of hydrogen-bond acceptors (Lipinski definition) is 6. The fourth-order valence-corrected chi connectivity index (χ4v) is 3.46. The molecule has 1 aliphatic rings. The highest BCUT2D eigenvalue weighted by atomic mass is 35.5. The van der Waals surface area contributed by atoms with Crippen LogP contribution in [0.2, 0.25) is 5.02 Å². The van der Waals surface area contributed by atoms with Gasteiger partial charge in [-0.1, -0.05) is 11.6 Å². The van der Waals surface area contributed by atoms with E-state index >= 15 is 0 Å². The summed E-state index contributed by atoms with van der Waals surface area (Å²) in [6, 6.07) is 8.00. The smallest absolute Gasteiger partial charge is 0.417 e. The SMILES string of the molecule is COc1ccc(OCC(O)CN2CCN(c3ncc(C(F)(F)F)cc3Cl)CC2)cc1. The number of rotatable bonds is 7. The Morgan fingerprint density at radius 3 is 2.33 bits per heavy atom. The van der Waals surface area contributed by atoms with Crippen LogP contribution in [-0.2, 0) is 6.18 Å². The van der Waals surface area contributed by atoms with Crippen molar-refractivity contribution in [3.63, 3.8) is 0 Å². The fourth-order valence-electron chi connectivity index (χ4n) is 3.18. The number of alkyl halides is 3. The summed E-state index contributed by atoms with van der Waals surface area (Å²) in [5, 5.41) is 10.2. The minimum atomic E-state index is -4.47. The molecule has 2 heterocycles. The Morgan fingerprint density at radius 2 is 1.77 bits per heavy atom. The molecule has 1 aromatic heterocycles. The number of ether oxygens (including phenoxy) is 2. The molecule has 1 N–H and O–H groups in total. The third kappa shape index (κ3) is 5.90. The lowest BCUT2D eigenvalue weighted by atomic mass is 10.2. The molecule has 1 saturated heterocycles. The summed E-state index contributed by atoms with van der Waals surface area (Å²) in [4.78, 5) is 7.82. The minimum Gasteiger partial charge on any atom is -0.497 e. The van der Waals surface area contributed by atoms with Crippen LogP contribution < -0.4 is 14.4 Å². The van der Waals surface area contributed by atoms with E-state index in [-0.39, 0.29) is 11.6 Å². The van der Waals surface area contributed by atoms with Crippen molar-refractivity contribution in [2.45, 2.75) is 12.3 Å². The van der Waals surface area contributed by atoms with Crippen molar-refractivity contribution >= 4 is 17.4 Å². The van der Waals surface area contributed by atoms with E-state index in [0.29, 0.717) is 44.3 Å². The van der Waals surface area contributed by atoms with Crippen molar-refractivity contribution in [1.82, 2.24) is 9.88 Å². The van der Waals surface area contributed by atoms with E-state index in [2.05, 4.69) is 9.88 Å². The van der Waals surface area contributed by atoms with Gasteiger partial charge in [-0.05, 0) is 30.3 Å². The summed E-state index contributed by atoms with van der Waals surface area (Å²) in [6.45, 7) is 2.92. The molecular weight excluding hydrogens is 423 g/mol. The molecular formula is C20H23ClF3N3O3. The van der Waals surface area contributed by atoms with Gasteiger partial charge in [0.05, 0.1) is 17.7 Å². The summed E-state index contributed by atoms with van der Waals surface area (Å²) in [5.74, 6) is 1.71. The van der Waals surface area contributed by atoms with Gasteiger partial charge in [-0.2, -0.15) is 13.2 Å². The first-order valence-electron chi connectivity index (χ1n) is 9.41. The zero-order chi connectivity index (χ0) is 21.7. The van der Waals surface area contributed by atoms with Gasteiger partial charge in [-0.3, -0.25) is 4.90 Å². The molecule has 6 nitrogen and oxygen atoms in total. The highest BCUT2D eigenvalue weighted by molar-refractivity contribution is 6.33. The van der Waals surface area contributed by atoms with Gasteiger partial charge in [0.25, 0.3) is 0 Å². The predicted octanol–water partition coefficient (Wildman–Crippen LogP) is 3.32. The lowest BCUT2D eigenvalue weighted by Crippen LogP contribution is -2.49. The molecule has 0 bridgehead atoms. The molecule has 0 aliphatic carbocycles. The molecule has 30 heavy (non-hydrogen) atoms. The van der Waals surface area contributed by atoms with Crippen molar-refractivity contribution in [2.24, 2.45) is 0 Å². The molecule has 2 aromatic rings. The molecule has 1 aromatic carbocycles. The van der Waals surface area contributed by atoms with E-state index in [9.17, 15) is 18.3 Å². The third-order valence-electron chi connectivity index (χ3n) is 4.79. The first-order valence-corrected chi connectivity index (χ1v) is 9.79. The van der Waals surface area contributed by atoms with E-state index in [4.69, 9.17) is 21.1 Å². The van der Waals surface area contributed by atoms with E-state index in [1.165, 1.54) is 0 Å². The summed E-state index contributed by atoms with van der Waals surface area (Å²) in [6.07, 6.45) is -4.35. The Kier molecular flexibility index (Phi) is 7.27. The average molecular weight is 446 g/mol. The summed E-state index contributed by atoms with van der Waals surface area (Å²) in [7, 11) is 1.58. The van der Waals surface area contributed by atoms with E-state index in [0.717, 1.165) is 18.0 Å².